The maximum absolute atomic E-state index is 15.4. The molecule has 4 heterocycles. The molecular formula is C21H20FN3O7. The van der Waals surface area contributed by atoms with Crippen LogP contribution in [-0.2, 0) is 14.4 Å². The van der Waals surface area contributed by atoms with Gasteiger partial charge in [-0.25, -0.2) is 14.0 Å². The molecule has 11 heteroatoms. The zero-order chi connectivity index (χ0) is 22.7. The highest BCUT2D eigenvalue weighted by molar-refractivity contribution is 6.37. The molecule has 1 aromatic carbocycles. The van der Waals surface area contributed by atoms with Gasteiger partial charge in [0.05, 0.1) is 36.0 Å². The second-order valence-corrected chi connectivity index (χ2v) is 8.03. The van der Waals surface area contributed by atoms with Gasteiger partial charge in [0.25, 0.3) is 0 Å². The van der Waals surface area contributed by atoms with Crippen LogP contribution in [0, 0.1) is 11.7 Å². The number of aromatic nitrogens is 1. The van der Waals surface area contributed by atoms with E-state index < -0.39 is 40.8 Å². The summed E-state index contributed by atoms with van der Waals surface area (Å²) in [4.78, 5) is 43.5. The number of carboxylic acid groups (broad SMARTS) is 1. The zero-order valence-electron chi connectivity index (χ0n) is 17.3. The van der Waals surface area contributed by atoms with Crippen molar-refractivity contribution in [2.45, 2.75) is 26.0 Å². The van der Waals surface area contributed by atoms with Gasteiger partial charge in [0, 0.05) is 12.7 Å². The lowest BCUT2D eigenvalue weighted by molar-refractivity contribution is -0.135. The summed E-state index contributed by atoms with van der Waals surface area (Å²) in [7, 11) is 0. The lowest BCUT2D eigenvalue weighted by Gasteiger charge is -2.31. The number of nitrogens with zero attached hydrogens (tertiary/aromatic N) is 3. The number of carboxylic acids is 1. The van der Waals surface area contributed by atoms with Crippen LogP contribution in [0.2, 0.25) is 0 Å². The van der Waals surface area contributed by atoms with Crippen LogP contribution in [0.4, 0.5) is 10.1 Å². The monoisotopic (exact) mass is 445 g/mol. The topological polar surface area (TPSA) is 120 Å². The predicted molar refractivity (Wildman–Crippen MR) is 110 cm³/mol. The maximum Gasteiger partial charge on any atom is 0.356 e. The number of rotatable bonds is 4. The molecule has 10 nitrogen and oxygen atoms in total. The smallest absolute Gasteiger partial charge is 0.356 e. The minimum absolute atomic E-state index is 0.0582. The van der Waals surface area contributed by atoms with E-state index in [4.69, 9.17) is 14.3 Å². The number of hydrogen-bond donors (Lipinski definition) is 1. The molecule has 2 unspecified atom stereocenters. The molecule has 1 N–H and O–H groups in total. The third-order valence-electron chi connectivity index (χ3n) is 6.08. The number of halogens is 1. The fraction of sp³-hybridized carbons (Fsp3) is 0.429. The number of oxime groups is 1. The van der Waals surface area contributed by atoms with Gasteiger partial charge in [0.2, 0.25) is 5.43 Å². The summed E-state index contributed by atoms with van der Waals surface area (Å²) in [5.74, 6) is -2.89. The summed E-state index contributed by atoms with van der Waals surface area (Å²) in [6.45, 7) is 4.38. The Hall–Kier alpha value is -3.63. The van der Waals surface area contributed by atoms with Crippen LogP contribution < -0.4 is 15.1 Å². The molecule has 3 aliphatic rings. The van der Waals surface area contributed by atoms with Crippen molar-refractivity contribution in [3.63, 3.8) is 0 Å². The van der Waals surface area contributed by atoms with Crippen molar-refractivity contribution < 1.29 is 33.4 Å². The molecule has 1 fully saturated rings. The number of anilines is 1. The number of carbonyl (C=O) groups is 2. The fourth-order valence-electron chi connectivity index (χ4n) is 4.57. The van der Waals surface area contributed by atoms with Crippen LogP contribution in [-0.4, -0.2) is 59.7 Å². The van der Waals surface area contributed by atoms with Gasteiger partial charge in [-0.05, 0) is 19.9 Å². The molecule has 1 saturated heterocycles. The molecule has 168 valence electrons. The largest absolute Gasteiger partial charge is 0.487 e. The minimum atomic E-state index is -1.37. The third kappa shape index (κ3) is 2.84. The van der Waals surface area contributed by atoms with Gasteiger partial charge in [-0.3, -0.25) is 4.79 Å². The Morgan fingerprint density at radius 2 is 2.16 bits per heavy atom. The number of carbonyl (C=O) groups excluding carboxylic acids is 1. The van der Waals surface area contributed by atoms with E-state index in [-0.39, 0.29) is 54.9 Å². The van der Waals surface area contributed by atoms with E-state index in [0.717, 1.165) is 6.07 Å². The minimum Gasteiger partial charge on any atom is -0.487 e. The van der Waals surface area contributed by atoms with Crippen molar-refractivity contribution in [1.29, 1.82) is 0 Å². The summed E-state index contributed by atoms with van der Waals surface area (Å²) >= 11 is 0. The molecule has 32 heavy (non-hydrogen) atoms. The van der Waals surface area contributed by atoms with E-state index in [1.165, 1.54) is 6.20 Å². The molecule has 2 aromatic rings. The molecule has 0 bridgehead atoms. The maximum atomic E-state index is 15.4. The first kappa shape index (κ1) is 20.3. The van der Waals surface area contributed by atoms with Crippen LogP contribution in [0.3, 0.4) is 0 Å². The second kappa shape index (κ2) is 7.21. The lowest BCUT2D eigenvalue weighted by Crippen LogP contribution is -2.31. The van der Waals surface area contributed by atoms with Crippen LogP contribution in [0.1, 0.15) is 30.2 Å². The highest BCUT2D eigenvalue weighted by Crippen LogP contribution is 2.44. The predicted octanol–water partition coefficient (Wildman–Crippen LogP) is 1.55. The summed E-state index contributed by atoms with van der Waals surface area (Å²) in [5, 5.41) is 13.2. The van der Waals surface area contributed by atoms with Crippen molar-refractivity contribution in [1.82, 2.24) is 4.57 Å². The molecule has 3 atom stereocenters. The van der Waals surface area contributed by atoms with E-state index in [2.05, 4.69) is 5.16 Å². The molecular weight excluding hydrogens is 425 g/mol. The van der Waals surface area contributed by atoms with Crippen molar-refractivity contribution in [2.24, 2.45) is 11.1 Å². The van der Waals surface area contributed by atoms with Gasteiger partial charge in [-0.15, -0.1) is 0 Å². The highest BCUT2D eigenvalue weighted by atomic mass is 19.1. The van der Waals surface area contributed by atoms with Crippen molar-refractivity contribution in [2.75, 3.05) is 31.2 Å². The fourth-order valence-corrected chi connectivity index (χ4v) is 4.57. The highest BCUT2D eigenvalue weighted by Gasteiger charge is 2.47. The van der Waals surface area contributed by atoms with Crippen LogP contribution in [0.25, 0.3) is 10.9 Å². The van der Waals surface area contributed by atoms with Gasteiger partial charge in [-0.2, -0.15) is 0 Å². The van der Waals surface area contributed by atoms with Gasteiger partial charge in [-0.1, -0.05) is 5.16 Å². The Balaban J connectivity index is 1.62. The number of benzene rings is 1. The zero-order valence-corrected chi connectivity index (χ0v) is 17.3. The van der Waals surface area contributed by atoms with E-state index >= 15 is 4.39 Å². The lowest BCUT2D eigenvalue weighted by atomic mass is 10.0. The second-order valence-electron chi connectivity index (χ2n) is 8.03. The molecule has 0 radical (unpaired) electrons. The Morgan fingerprint density at radius 1 is 1.38 bits per heavy atom. The van der Waals surface area contributed by atoms with E-state index in [0.29, 0.717) is 5.52 Å². The molecule has 5 rings (SSSR count). The van der Waals surface area contributed by atoms with E-state index in [1.54, 1.807) is 16.4 Å². The Kier molecular flexibility index (Phi) is 4.57. The Bertz CT molecular complexity index is 1250. The molecule has 0 aliphatic carbocycles. The number of aromatic carboxylic acids is 1. The summed E-state index contributed by atoms with van der Waals surface area (Å²) in [5.41, 5.74) is -0.559. The summed E-state index contributed by atoms with van der Waals surface area (Å²) in [6, 6.07) is 0.793. The standard InChI is InChI=1S/C21H20FN3O7/c1-3-30-21(29)15-11-5-24(7-14(11)32-23-15)17-13(22)4-10-16-19(17)31-8-9(2)25(16)6-12(18(10)26)20(27)28/h4,6,9,11,14H,3,5,7-8H2,1-2H3,(H,27,28)/t9-,11?,14?/m0/s1. The van der Waals surface area contributed by atoms with Crippen molar-refractivity contribution >= 4 is 34.2 Å². The Labute approximate surface area is 180 Å². The van der Waals surface area contributed by atoms with Crippen molar-refractivity contribution in [3.8, 4) is 5.75 Å². The molecule has 0 amide bonds. The molecule has 0 saturated carbocycles. The first-order chi connectivity index (χ1) is 15.3. The van der Waals surface area contributed by atoms with Gasteiger partial charge in [0.1, 0.15) is 17.9 Å². The summed E-state index contributed by atoms with van der Waals surface area (Å²) in [6.07, 6.45) is 0.828. The molecule has 1 aromatic heterocycles. The number of ether oxygens (including phenoxy) is 2. The number of fused-ring (bicyclic) bond motifs is 1. The van der Waals surface area contributed by atoms with Crippen LogP contribution in [0.15, 0.2) is 22.2 Å². The first-order valence-corrected chi connectivity index (χ1v) is 10.2. The van der Waals surface area contributed by atoms with E-state index in [1.807, 2.05) is 6.92 Å². The van der Waals surface area contributed by atoms with Crippen molar-refractivity contribution in [3.05, 3.63) is 33.9 Å². The van der Waals surface area contributed by atoms with Crippen LogP contribution >= 0.6 is 0 Å². The molecule has 3 aliphatic heterocycles. The number of esters is 1. The number of hydrogen-bond acceptors (Lipinski definition) is 8. The quantitative estimate of drug-likeness (QED) is 0.704. The third-order valence-corrected chi connectivity index (χ3v) is 6.08. The van der Waals surface area contributed by atoms with Gasteiger partial charge < -0.3 is 28.9 Å². The normalized spacial score (nSPS) is 23.4. The van der Waals surface area contributed by atoms with Gasteiger partial charge in [0.15, 0.2) is 23.4 Å². The van der Waals surface area contributed by atoms with E-state index in [9.17, 15) is 19.5 Å². The Morgan fingerprint density at radius 3 is 2.88 bits per heavy atom. The van der Waals surface area contributed by atoms with Crippen LogP contribution in [0.5, 0.6) is 5.75 Å². The number of pyridine rings is 1. The van der Waals surface area contributed by atoms with Gasteiger partial charge >= 0.3 is 11.9 Å². The molecule has 0 spiro atoms. The average Bonchev–Trinajstić information content (AvgIpc) is 3.32. The SMILES string of the molecule is CCOC(=O)C1=NOC2CN(c3c(F)cc4c(=O)c(C(=O)O)cn5c4c3OC[C@@H]5C)CC12. The first-order valence-electron chi connectivity index (χ1n) is 10.2. The average molecular weight is 445 g/mol. The summed E-state index contributed by atoms with van der Waals surface area (Å²) < 4.78 is 27.9.